The summed E-state index contributed by atoms with van der Waals surface area (Å²) in [5.41, 5.74) is 1.65. The molecule has 0 bridgehead atoms. The molecular weight excluding hydrogens is 332 g/mol. The molecule has 1 aliphatic heterocycles. The van der Waals surface area contributed by atoms with E-state index in [0.29, 0.717) is 17.9 Å². The molecule has 1 amide bonds. The van der Waals surface area contributed by atoms with E-state index >= 15 is 0 Å². The average molecular weight is 352 g/mol. The molecule has 3 aromatic rings. The number of rotatable bonds is 4. The SMILES string of the molecule is CCOc1ccccc1C(=O)N1CCCC1c1nc2ccccc2s1. The molecule has 1 fully saturated rings. The van der Waals surface area contributed by atoms with Crippen LogP contribution in [-0.2, 0) is 0 Å². The zero-order chi connectivity index (χ0) is 17.2. The second kappa shape index (κ2) is 6.84. The van der Waals surface area contributed by atoms with Crippen molar-refractivity contribution in [2.75, 3.05) is 13.2 Å². The smallest absolute Gasteiger partial charge is 0.258 e. The first-order valence-corrected chi connectivity index (χ1v) is 9.48. The summed E-state index contributed by atoms with van der Waals surface area (Å²) < 4.78 is 6.82. The summed E-state index contributed by atoms with van der Waals surface area (Å²) in [6.45, 7) is 3.24. The lowest BCUT2D eigenvalue weighted by atomic mass is 10.1. The Bertz CT molecular complexity index is 872. The van der Waals surface area contributed by atoms with Crippen molar-refractivity contribution in [3.8, 4) is 5.75 Å². The Balaban J connectivity index is 1.66. The molecule has 0 aliphatic carbocycles. The van der Waals surface area contributed by atoms with Gasteiger partial charge in [0, 0.05) is 6.54 Å². The summed E-state index contributed by atoms with van der Waals surface area (Å²) in [4.78, 5) is 19.9. The number of thiazole rings is 1. The predicted molar refractivity (Wildman–Crippen MR) is 100 cm³/mol. The van der Waals surface area contributed by atoms with Gasteiger partial charge in [-0.2, -0.15) is 0 Å². The number of fused-ring (bicyclic) bond motifs is 1. The molecule has 0 radical (unpaired) electrons. The second-order valence-corrected chi connectivity index (χ2v) is 7.17. The minimum Gasteiger partial charge on any atom is -0.493 e. The number of aromatic nitrogens is 1. The molecule has 4 rings (SSSR count). The van der Waals surface area contributed by atoms with Gasteiger partial charge in [0.2, 0.25) is 0 Å². The molecule has 1 atom stereocenters. The first-order valence-electron chi connectivity index (χ1n) is 8.66. The number of carbonyl (C=O) groups is 1. The zero-order valence-electron chi connectivity index (χ0n) is 14.1. The van der Waals surface area contributed by atoms with Crippen LogP contribution in [0.15, 0.2) is 48.5 Å². The lowest BCUT2D eigenvalue weighted by Gasteiger charge is -2.24. The number of benzene rings is 2. The van der Waals surface area contributed by atoms with Gasteiger partial charge in [0.05, 0.1) is 28.4 Å². The lowest BCUT2D eigenvalue weighted by Crippen LogP contribution is -2.30. The van der Waals surface area contributed by atoms with Crippen molar-refractivity contribution in [2.45, 2.75) is 25.8 Å². The van der Waals surface area contributed by atoms with Gasteiger partial charge in [0.1, 0.15) is 10.8 Å². The van der Waals surface area contributed by atoms with Crippen LogP contribution in [0.25, 0.3) is 10.2 Å². The van der Waals surface area contributed by atoms with Crippen molar-refractivity contribution < 1.29 is 9.53 Å². The number of carbonyl (C=O) groups excluding carboxylic acids is 1. The fourth-order valence-corrected chi connectivity index (χ4v) is 4.49. The van der Waals surface area contributed by atoms with Crippen molar-refractivity contribution in [3.63, 3.8) is 0 Å². The van der Waals surface area contributed by atoms with Gasteiger partial charge in [-0.05, 0) is 44.0 Å². The molecule has 4 nitrogen and oxygen atoms in total. The molecular formula is C20H20N2O2S. The highest BCUT2D eigenvalue weighted by molar-refractivity contribution is 7.18. The van der Waals surface area contributed by atoms with Crippen LogP contribution in [0.1, 0.15) is 41.2 Å². The summed E-state index contributed by atoms with van der Waals surface area (Å²) >= 11 is 1.69. The van der Waals surface area contributed by atoms with E-state index in [1.54, 1.807) is 11.3 Å². The molecule has 0 saturated carbocycles. The number of amides is 1. The van der Waals surface area contributed by atoms with Gasteiger partial charge in [0.15, 0.2) is 0 Å². The maximum Gasteiger partial charge on any atom is 0.258 e. The van der Waals surface area contributed by atoms with Crippen molar-refractivity contribution in [3.05, 3.63) is 59.1 Å². The first-order chi connectivity index (χ1) is 12.3. The molecule has 1 aromatic heterocycles. The second-order valence-electron chi connectivity index (χ2n) is 6.11. The molecule has 2 aromatic carbocycles. The normalized spacial score (nSPS) is 17.2. The van der Waals surface area contributed by atoms with Gasteiger partial charge < -0.3 is 9.64 Å². The molecule has 0 spiro atoms. The van der Waals surface area contributed by atoms with Crippen LogP contribution in [0.4, 0.5) is 0 Å². The van der Waals surface area contributed by atoms with Crippen molar-refractivity contribution >= 4 is 27.5 Å². The summed E-state index contributed by atoms with van der Waals surface area (Å²) in [6.07, 6.45) is 1.96. The van der Waals surface area contributed by atoms with Crippen LogP contribution in [0.3, 0.4) is 0 Å². The number of para-hydroxylation sites is 2. The summed E-state index contributed by atoms with van der Waals surface area (Å²) in [5, 5.41) is 1.03. The van der Waals surface area contributed by atoms with E-state index in [4.69, 9.17) is 9.72 Å². The van der Waals surface area contributed by atoms with Crippen molar-refractivity contribution in [1.29, 1.82) is 0 Å². The van der Waals surface area contributed by atoms with Crippen LogP contribution in [-0.4, -0.2) is 28.9 Å². The van der Waals surface area contributed by atoms with E-state index in [9.17, 15) is 4.79 Å². The van der Waals surface area contributed by atoms with E-state index in [1.807, 2.05) is 54.3 Å². The zero-order valence-corrected chi connectivity index (χ0v) is 15.0. The number of hydrogen-bond acceptors (Lipinski definition) is 4. The maximum absolute atomic E-state index is 13.2. The average Bonchev–Trinajstić information content (AvgIpc) is 3.28. The Morgan fingerprint density at radius 3 is 2.88 bits per heavy atom. The molecule has 1 saturated heterocycles. The minimum absolute atomic E-state index is 0.0332. The quantitative estimate of drug-likeness (QED) is 0.685. The van der Waals surface area contributed by atoms with E-state index in [2.05, 4.69) is 6.07 Å². The fourth-order valence-electron chi connectivity index (χ4n) is 3.38. The number of likely N-dealkylation sites (tertiary alicyclic amines) is 1. The van der Waals surface area contributed by atoms with Gasteiger partial charge >= 0.3 is 0 Å². The molecule has 0 N–H and O–H groups in total. The highest BCUT2D eigenvalue weighted by Crippen LogP contribution is 2.38. The lowest BCUT2D eigenvalue weighted by molar-refractivity contribution is 0.0731. The minimum atomic E-state index is 0.0332. The van der Waals surface area contributed by atoms with Crippen molar-refractivity contribution in [1.82, 2.24) is 9.88 Å². The van der Waals surface area contributed by atoms with Crippen LogP contribution in [0.2, 0.25) is 0 Å². The molecule has 5 heteroatoms. The van der Waals surface area contributed by atoms with Gasteiger partial charge in [-0.15, -0.1) is 11.3 Å². The van der Waals surface area contributed by atoms with Crippen LogP contribution >= 0.6 is 11.3 Å². The molecule has 128 valence electrons. The Morgan fingerprint density at radius 2 is 2.04 bits per heavy atom. The Hall–Kier alpha value is -2.40. The van der Waals surface area contributed by atoms with Crippen LogP contribution in [0, 0.1) is 0 Å². The predicted octanol–water partition coefficient (Wildman–Crippen LogP) is 4.67. The highest BCUT2D eigenvalue weighted by Gasteiger charge is 2.33. The monoisotopic (exact) mass is 352 g/mol. The highest BCUT2D eigenvalue weighted by atomic mass is 32.1. The maximum atomic E-state index is 13.2. The first kappa shape index (κ1) is 16.1. The standard InChI is InChI=1S/C20H20N2O2S/c1-2-24-17-11-5-3-8-14(17)20(23)22-13-7-10-16(22)19-21-15-9-4-6-12-18(15)25-19/h3-6,8-9,11-12,16H,2,7,10,13H2,1H3. The molecule has 1 aliphatic rings. The summed E-state index contributed by atoms with van der Waals surface area (Å²) in [5.74, 6) is 0.691. The summed E-state index contributed by atoms with van der Waals surface area (Å²) in [6, 6.07) is 15.7. The number of hydrogen-bond donors (Lipinski definition) is 0. The van der Waals surface area contributed by atoms with Gasteiger partial charge in [-0.25, -0.2) is 4.98 Å². The van der Waals surface area contributed by atoms with E-state index in [0.717, 1.165) is 29.9 Å². The topological polar surface area (TPSA) is 42.4 Å². The number of nitrogens with zero attached hydrogens (tertiary/aromatic N) is 2. The largest absolute Gasteiger partial charge is 0.493 e. The molecule has 2 heterocycles. The van der Waals surface area contributed by atoms with Crippen molar-refractivity contribution in [2.24, 2.45) is 0 Å². The third-order valence-corrected chi connectivity index (χ3v) is 5.66. The van der Waals surface area contributed by atoms with Crippen LogP contribution in [0.5, 0.6) is 5.75 Å². The van der Waals surface area contributed by atoms with E-state index < -0.39 is 0 Å². The third-order valence-electron chi connectivity index (χ3n) is 4.53. The van der Waals surface area contributed by atoms with Gasteiger partial charge in [-0.3, -0.25) is 4.79 Å². The van der Waals surface area contributed by atoms with E-state index in [1.165, 1.54) is 4.70 Å². The Morgan fingerprint density at radius 1 is 1.24 bits per heavy atom. The Labute approximate surface area is 151 Å². The van der Waals surface area contributed by atoms with E-state index in [-0.39, 0.29) is 11.9 Å². The molecule has 25 heavy (non-hydrogen) atoms. The fraction of sp³-hybridized carbons (Fsp3) is 0.300. The molecule has 1 unspecified atom stereocenters. The summed E-state index contributed by atoms with van der Waals surface area (Å²) in [7, 11) is 0. The number of ether oxygens (including phenoxy) is 1. The third kappa shape index (κ3) is 3.00. The Kier molecular flexibility index (Phi) is 4.40. The van der Waals surface area contributed by atoms with Crippen LogP contribution < -0.4 is 4.74 Å². The van der Waals surface area contributed by atoms with Gasteiger partial charge in [-0.1, -0.05) is 24.3 Å². The van der Waals surface area contributed by atoms with Gasteiger partial charge in [0.25, 0.3) is 5.91 Å².